The third kappa shape index (κ3) is 2.31. The van der Waals surface area contributed by atoms with Crippen molar-refractivity contribution in [2.75, 3.05) is 0 Å². The van der Waals surface area contributed by atoms with E-state index in [4.69, 9.17) is 0 Å². The van der Waals surface area contributed by atoms with Crippen LogP contribution >= 0.6 is 9.24 Å². The minimum absolute atomic E-state index is 0.00970. The Morgan fingerprint density at radius 2 is 2.20 bits per heavy atom. The number of carbonyl (C=O) groups is 1. The Balaban J connectivity index is 1.46. The Labute approximate surface area is 122 Å². The summed E-state index contributed by atoms with van der Waals surface area (Å²) in [7, 11) is 5.00. The van der Waals surface area contributed by atoms with E-state index in [0.29, 0.717) is 17.3 Å². The predicted molar refractivity (Wildman–Crippen MR) is 84.3 cm³/mol. The number of pyridine rings is 1. The Morgan fingerprint density at radius 1 is 1.40 bits per heavy atom. The summed E-state index contributed by atoms with van der Waals surface area (Å²) in [5.41, 5.74) is 4.83. The van der Waals surface area contributed by atoms with Crippen LogP contribution < -0.4 is 10.8 Å². The van der Waals surface area contributed by atoms with Gasteiger partial charge < -0.3 is 5.32 Å². The molecule has 0 spiro atoms. The van der Waals surface area contributed by atoms with E-state index in [0.717, 1.165) is 29.9 Å². The first-order valence-electron chi connectivity index (χ1n) is 7.32. The topological polar surface area (TPSA) is 42.0 Å². The monoisotopic (exact) mass is 283 g/mol. The van der Waals surface area contributed by atoms with Crippen molar-refractivity contribution < 1.29 is 4.79 Å². The summed E-state index contributed by atoms with van der Waals surface area (Å²) in [5.74, 6) is 0.742. The van der Waals surface area contributed by atoms with Gasteiger partial charge in [-0.05, 0) is 43.3 Å². The number of nitrogens with one attached hydrogen (secondary N) is 1. The molecule has 3 aliphatic rings. The molecule has 0 bridgehead atoms. The van der Waals surface area contributed by atoms with Crippen molar-refractivity contribution in [3.05, 3.63) is 29.0 Å². The summed E-state index contributed by atoms with van der Waals surface area (Å²) in [6.45, 7) is 0. The van der Waals surface area contributed by atoms with Crippen LogP contribution in [0.25, 0.3) is 6.08 Å². The predicted octanol–water partition coefficient (Wildman–Crippen LogP) is 1.31. The van der Waals surface area contributed by atoms with Crippen LogP contribution in [0.2, 0.25) is 0 Å². The van der Waals surface area contributed by atoms with Crippen LogP contribution in [-0.4, -0.2) is 29.9 Å². The number of nitrogens with zero attached hydrogens (tertiary/aromatic N) is 1. The van der Waals surface area contributed by atoms with Crippen molar-refractivity contribution in [1.82, 2.24) is 10.3 Å². The average molecular weight is 283 g/mol. The smallest absolute Gasteiger partial charge is 0.253 e. The van der Waals surface area contributed by atoms with E-state index in [1.807, 2.05) is 6.07 Å². The molecule has 1 radical (unpaired) electrons. The van der Waals surface area contributed by atoms with Crippen molar-refractivity contribution in [2.24, 2.45) is 5.92 Å². The fourth-order valence-corrected chi connectivity index (χ4v) is 3.59. The van der Waals surface area contributed by atoms with Gasteiger partial charge in [-0.2, -0.15) is 0 Å². The number of carbonyl (C=O) groups excluding carboxylic acids is 1. The number of fused-ring (bicyclic) bond motifs is 1. The Morgan fingerprint density at radius 3 is 2.90 bits per heavy atom. The van der Waals surface area contributed by atoms with Crippen LogP contribution in [-0.2, 0) is 0 Å². The molecule has 1 aromatic rings. The molecule has 4 rings (SSSR count). The molecule has 3 nitrogen and oxygen atoms in total. The van der Waals surface area contributed by atoms with Crippen molar-refractivity contribution in [2.45, 2.75) is 37.4 Å². The average Bonchev–Trinajstić information content (AvgIpc) is 3.16. The van der Waals surface area contributed by atoms with Crippen molar-refractivity contribution >= 4 is 34.0 Å². The lowest BCUT2D eigenvalue weighted by Crippen LogP contribution is -2.44. The lowest BCUT2D eigenvalue weighted by molar-refractivity contribution is 0.0918. The van der Waals surface area contributed by atoms with Crippen LogP contribution in [0, 0.1) is 5.92 Å². The third-order valence-corrected chi connectivity index (χ3v) is 4.94. The minimum atomic E-state index is 0.00970. The van der Waals surface area contributed by atoms with Gasteiger partial charge in [0.1, 0.15) is 0 Å². The SMILES string of the molecule is O=C(NC1CC(P)C1)c1cnc2c(c1)[B]C(C1CC1)=C2. The highest BCUT2D eigenvalue weighted by molar-refractivity contribution is 7.17. The van der Waals surface area contributed by atoms with E-state index in [1.54, 1.807) is 6.20 Å². The molecule has 0 saturated heterocycles. The highest BCUT2D eigenvalue weighted by atomic mass is 31.0. The largest absolute Gasteiger partial charge is 0.349 e. The van der Waals surface area contributed by atoms with Crippen LogP contribution in [0.5, 0.6) is 0 Å². The molecule has 1 N–H and O–H groups in total. The molecule has 20 heavy (non-hydrogen) atoms. The standard InChI is InChI=1S/C15H17BN2OP/c19-15(18-10-4-11(20)5-10)9-3-13-14(17-7-9)6-12(16-13)8-1-2-8/h3,6-8,10-11H,1-2,4-5,20H2,(H,18,19). The number of amides is 1. The molecule has 2 heterocycles. The summed E-state index contributed by atoms with van der Waals surface area (Å²) in [5, 5.41) is 3.08. The fourth-order valence-electron chi connectivity index (χ4n) is 2.93. The van der Waals surface area contributed by atoms with Gasteiger partial charge in [0.25, 0.3) is 5.91 Å². The van der Waals surface area contributed by atoms with Crippen molar-refractivity contribution in [1.29, 1.82) is 0 Å². The summed E-state index contributed by atoms with van der Waals surface area (Å²) >= 11 is 0. The summed E-state index contributed by atoms with van der Waals surface area (Å²) in [6, 6.07) is 2.31. The molecule has 2 fully saturated rings. The zero-order valence-electron chi connectivity index (χ0n) is 11.3. The molecule has 1 unspecified atom stereocenters. The second kappa shape index (κ2) is 4.70. The second-order valence-electron chi connectivity index (χ2n) is 6.16. The van der Waals surface area contributed by atoms with Gasteiger partial charge >= 0.3 is 0 Å². The maximum atomic E-state index is 12.2. The molecule has 2 aliphatic carbocycles. The number of allylic oxidation sites excluding steroid dienone is 1. The zero-order chi connectivity index (χ0) is 13.7. The number of rotatable bonds is 3. The molecule has 0 aromatic carbocycles. The molecule has 2 saturated carbocycles. The van der Waals surface area contributed by atoms with Gasteiger partial charge in [-0.1, -0.05) is 17.0 Å². The molecule has 1 atom stereocenters. The van der Waals surface area contributed by atoms with Gasteiger partial charge in [0.15, 0.2) is 7.28 Å². The molecule has 101 valence electrons. The van der Waals surface area contributed by atoms with E-state index in [1.165, 1.54) is 18.3 Å². The maximum absolute atomic E-state index is 12.2. The van der Waals surface area contributed by atoms with Gasteiger partial charge in [0.05, 0.1) is 11.3 Å². The van der Waals surface area contributed by atoms with E-state index in [-0.39, 0.29) is 5.91 Å². The quantitative estimate of drug-likeness (QED) is 0.671. The van der Waals surface area contributed by atoms with Crippen LogP contribution in [0.3, 0.4) is 0 Å². The van der Waals surface area contributed by atoms with Gasteiger partial charge in [-0.25, -0.2) is 0 Å². The number of aromatic nitrogens is 1. The normalized spacial score (nSPS) is 27.1. The van der Waals surface area contributed by atoms with Crippen LogP contribution in [0.1, 0.15) is 41.7 Å². The zero-order valence-corrected chi connectivity index (χ0v) is 12.5. The van der Waals surface area contributed by atoms with E-state index in [9.17, 15) is 4.79 Å². The van der Waals surface area contributed by atoms with E-state index >= 15 is 0 Å². The van der Waals surface area contributed by atoms with Crippen LogP contribution in [0.4, 0.5) is 0 Å². The molecule has 5 heteroatoms. The number of hydrogen-bond acceptors (Lipinski definition) is 2. The first-order chi connectivity index (χ1) is 9.69. The number of hydrogen-bond donors (Lipinski definition) is 1. The minimum Gasteiger partial charge on any atom is -0.349 e. The Kier molecular flexibility index (Phi) is 2.96. The maximum Gasteiger partial charge on any atom is 0.253 e. The molecule has 1 aliphatic heterocycles. The van der Waals surface area contributed by atoms with Gasteiger partial charge in [-0.15, -0.1) is 9.24 Å². The van der Waals surface area contributed by atoms with E-state index in [2.05, 4.69) is 32.9 Å². The fraction of sp³-hybridized carbons (Fsp3) is 0.467. The Hall–Kier alpha value is -1.15. The lowest BCUT2D eigenvalue weighted by atomic mass is 9.65. The molecule has 1 amide bonds. The van der Waals surface area contributed by atoms with Gasteiger partial charge in [-0.3, -0.25) is 9.78 Å². The summed E-state index contributed by atoms with van der Waals surface area (Å²) in [4.78, 5) is 16.6. The molecule has 1 aromatic heterocycles. The third-order valence-electron chi connectivity index (χ3n) is 4.40. The van der Waals surface area contributed by atoms with Crippen molar-refractivity contribution in [3.63, 3.8) is 0 Å². The first-order valence-corrected chi connectivity index (χ1v) is 7.98. The van der Waals surface area contributed by atoms with Gasteiger partial charge in [0, 0.05) is 12.2 Å². The summed E-state index contributed by atoms with van der Waals surface area (Å²) in [6.07, 6.45) is 8.58. The Bertz CT molecular complexity index is 606. The first kappa shape index (κ1) is 12.6. The van der Waals surface area contributed by atoms with Crippen molar-refractivity contribution in [3.8, 4) is 0 Å². The summed E-state index contributed by atoms with van der Waals surface area (Å²) < 4.78 is 0. The lowest BCUT2D eigenvalue weighted by Gasteiger charge is -2.33. The van der Waals surface area contributed by atoms with Gasteiger partial charge in [0.2, 0.25) is 0 Å². The molecular formula is C15H17BN2OP. The highest BCUT2D eigenvalue weighted by Crippen LogP contribution is 2.38. The highest BCUT2D eigenvalue weighted by Gasteiger charge is 2.31. The van der Waals surface area contributed by atoms with E-state index < -0.39 is 0 Å². The van der Waals surface area contributed by atoms with Crippen LogP contribution in [0.15, 0.2) is 17.7 Å². The second-order valence-corrected chi connectivity index (χ2v) is 7.11. The molecular weight excluding hydrogens is 266 g/mol.